The van der Waals surface area contributed by atoms with E-state index in [2.05, 4.69) is 26.3 Å². The number of rotatable bonds is 9. The van der Waals surface area contributed by atoms with Crippen molar-refractivity contribution in [3.05, 3.63) is 16.4 Å². The van der Waals surface area contributed by atoms with Gasteiger partial charge in [0.25, 0.3) is 6.43 Å². The van der Waals surface area contributed by atoms with Crippen molar-refractivity contribution < 1.29 is 13.5 Å². The third kappa shape index (κ3) is 5.16. The lowest BCUT2D eigenvalue weighted by Gasteiger charge is -2.19. The first-order chi connectivity index (χ1) is 9.10. The van der Waals surface area contributed by atoms with Gasteiger partial charge in [-0.15, -0.1) is 0 Å². The maximum absolute atomic E-state index is 12.0. The molecule has 1 aromatic rings. The highest BCUT2D eigenvalue weighted by Crippen LogP contribution is 2.25. The van der Waals surface area contributed by atoms with Crippen molar-refractivity contribution in [1.29, 1.82) is 0 Å². The topological polar surface area (TPSA) is 39.1 Å². The Labute approximate surface area is 120 Å². The normalized spacial score (nSPS) is 13.2. The largest absolute Gasteiger partial charge is 0.375 e. The van der Waals surface area contributed by atoms with Crippen molar-refractivity contribution in [2.24, 2.45) is 0 Å². The van der Waals surface area contributed by atoms with Gasteiger partial charge in [-0.1, -0.05) is 6.92 Å². The number of halogens is 3. The number of hydrogen-bond donors (Lipinski definition) is 1. The zero-order chi connectivity index (χ0) is 14.3. The van der Waals surface area contributed by atoms with Crippen molar-refractivity contribution in [3.63, 3.8) is 0 Å². The molecule has 1 atom stereocenters. The van der Waals surface area contributed by atoms with Crippen LogP contribution in [0.4, 0.5) is 8.78 Å². The van der Waals surface area contributed by atoms with E-state index in [1.807, 2.05) is 18.5 Å². The molecule has 0 saturated carbocycles. The van der Waals surface area contributed by atoms with Gasteiger partial charge in [-0.25, -0.2) is 8.78 Å². The zero-order valence-electron chi connectivity index (χ0n) is 11.2. The molecular weight excluding hydrogens is 320 g/mol. The lowest BCUT2D eigenvalue weighted by atomic mass is 10.1. The van der Waals surface area contributed by atoms with Crippen LogP contribution in [0.1, 0.15) is 32.0 Å². The number of aromatic nitrogens is 2. The van der Waals surface area contributed by atoms with Crippen LogP contribution in [-0.2, 0) is 11.3 Å². The van der Waals surface area contributed by atoms with Gasteiger partial charge in [0.1, 0.15) is 6.61 Å². The Balaban J connectivity index is 2.63. The van der Waals surface area contributed by atoms with E-state index >= 15 is 0 Å². The van der Waals surface area contributed by atoms with Gasteiger partial charge >= 0.3 is 0 Å². The Morgan fingerprint density at radius 1 is 1.47 bits per heavy atom. The molecule has 0 amide bonds. The van der Waals surface area contributed by atoms with Crippen LogP contribution < -0.4 is 5.32 Å². The SMILES string of the molecule is CCNC(CCOCC(F)F)c1c(Br)cnn1CC. The van der Waals surface area contributed by atoms with Crippen molar-refractivity contribution in [2.45, 2.75) is 39.3 Å². The van der Waals surface area contributed by atoms with Gasteiger partial charge < -0.3 is 10.1 Å². The molecule has 1 unspecified atom stereocenters. The van der Waals surface area contributed by atoms with E-state index in [0.29, 0.717) is 13.0 Å². The summed E-state index contributed by atoms with van der Waals surface area (Å²) < 4.78 is 31.8. The van der Waals surface area contributed by atoms with E-state index < -0.39 is 13.0 Å². The summed E-state index contributed by atoms with van der Waals surface area (Å²) in [4.78, 5) is 0. The minimum atomic E-state index is -2.41. The first-order valence-corrected chi connectivity index (χ1v) is 7.19. The maximum Gasteiger partial charge on any atom is 0.261 e. The van der Waals surface area contributed by atoms with Gasteiger partial charge in [0.05, 0.1) is 22.4 Å². The molecule has 1 heterocycles. The van der Waals surface area contributed by atoms with E-state index in [1.54, 1.807) is 6.20 Å². The molecule has 1 rings (SSSR count). The molecule has 0 aliphatic carbocycles. The number of nitrogens with zero attached hydrogens (tertiary/aromatic N) is 2. The third-order valence-corrected chi connectivity index (χ3v) is 3.32. The van der Waals surface area contributed by atoms with Gasteiger partial charge in [0.15, 0.2) is 0 Å². The highest BCUT2D eigenvalue weighted by molar-refractivity contribution is 9.10. The molecule has 4 nitrogen and oxygen atoms in total. The van der Waals surface area contributed by atoms with Crippen LogP contribution in [0.2, 0.25) is 0 Å². The zero-order valence-corrected chi connectivity index (χ0v) is 12.8. The molecule has 110 valence electrons. The van der Waals surface area contributed by atoms with E-state index in [4.69, 9.17) is 4.74 Å². The molecule has 0 saturated heterocycles. The molecule has 1 N–H and O–H groups in total. The van der Waals surface area contributed by atoms with E-state index in [1.165, 1.54) is 0 Å². The quantitative estimate of drug-likeness (QED) is 0.703. The Kier molecular flexibility index (Phi) is 7.48. The average molecular weight is 340 g/mol. The molecule has 0 fully saturated rings. The predicted octanol–water partition coefficient (Wildman–Crippen LogP) is 2.99. The van der Waals surface area contributed by atoms with Crippen molar-refractivity contribution in [1.82, 2.24) is 15.1 Å². The predicted molar refractivity (Wildman–Crippen MR) is 73.5 cm³/mol. The van der Waals surface area contributed by atoms with Crippen LogP contribution in [0.25, 0.3) is 0 Å². The second-order valence-electron chi connectivity index (χ2n) is 4.06. The third-order valence-electron chi connectivity index (χ3n) is 2.71. The Bertz CT molecular complexity index is 374. The molecule has 0 aliphatic heterocycles. The lowest BCUT2D eigenvalue weighted by Crippen LogP contribution is -2.25. The Hall–Kier alpha value is -0.530. The monoisotopic (exact) mass is 339 g/mol. The van der Waals surface area contributed by atoms with Gasteiger partial charge in [0, 0.05) is 13.2 Å². The highest BCUT2D eigenvalue weighted by atomic mass is 79.9. The summed E-state index contributed by atoms with van der Waals surface area (Å²) in [6.45, 7) is 5.37. The van der Waals surface area contributed by atoms with Gasteiger partial charge in [-0.05, 0) is 35.8 Å². The van der Waals surface area contributed by atoms with Crippen LogP contribution >= 0.6 is 15.9 Å². The van der Waals surface area contributed by atoms with Crippen molar-refractivity contribution in [3.8, 4) is 0 Å². The Morgan fingerprint density at radius 2 is 2.21 bits per heavy atom. The second-order valence-corrected chi connectivity index (χ2v) is 4.91. The number of hydrogen-bond acceptors (Lipinski definition) is 3. The summed E-state index contributed by atoms with van der Waals surface area (Å²) in [5, 5.41) is 7.59. The summed E-state index contributed by atoms with van der Waals surface area (Å²) in [5.74, 6) is 0. The number of nitrogens with one attached hydrogen (secondary N) is 1. The number of aryl methyl sites for hydroxylation is 1. The summed E-state index contributed by atoms with van der Waals surface area (Å²) in [5.41, 5.74) is 1.03. The van der Waals surface area contributed by atoms with Crippen molar-refractivity contribution in [2.75, 3.05) is 19.8 Å². The minimum Gasteiger partial charge on any atom is -0.375 e. The van der Waals surface area contributed by atoms with Crippen LogP contribution in [0.15, 0.2) is 10.7 Å². The van der Waals surface area contributed by atoms with Crippen molar-refractivity contribution >= 4 is 15.9 Å². The summed E-state index contributed by atoms with van der Waals surface area (Å²) in [6, 6.07) is 0.0412. The fraction of sp³-hybridized carbons (Fsp3) is 0.750. The maximum atomic E-state index is 12.0. The minimum absolute atomic E-state index is 0.0412. The highest BCUT2D eigenvalue weighted by Gasteiger charge is 2.18. The number of ether oxygens (including phenoxy) is 1. The number of alkyl halides is 2. The molecule has 0 aliphatic rings. The van der Waals surface area contributed by atoms with E-state index in [9.17, 15) is 8.78 Å². The molecular formula is C12H20BrF2N3O. The molecule has 0 bridgehead atoms. The van der Waals surface area contributed by atoms with E-state index in [0.717, 1.165) is 23.3 Å². The summed E-state index contributed by atoms with van der Waals surface area (Å²) in [7, 11) is 0. The Morgan fingerprint density at radius 3 is 2.79 bits per heavy atom. The first-order valence-electron chi connectivity index (χ1n) is 6.40. The van der Waals surface area contributed by atoms with Gasteiger partial charge in [-0.2, -0.15) is 5.10 Å². The van der Waals surface area contributed by atoms with Crippen LogP contribution in [0.3, 0.4) is 0 Å². The van der Waals surface area contributed by atoms with Gasteiger partial charge in [0.2, 0.25) is 0 Å². The molecule has 0 aromatic carbocycles. The van der Waals surface area contributed by atoms with Crippen LogP contribution in [-0.4, -0.2) is 36.0 Å². The fourth-order valence-corrected chi connectivity index (χ4v) is 2.50. The first kappa shape index (κ1) is 16.5. The molecule has 7 heteroatoms. The molecule has 0 radical (unpaired) electrons. The lowest BCUT2D eigenvalue weighted by molar-refractivity contribution is 0.0142. The average Bonchev–Trinajstić information content (AvgIpc) is 2.74. The fourth-order valence-electron chi connectivity index (χ4n) is 1.93. The smallest absolute Gasteiger partial charge is 0.261 e. The summed E-state index contributed by atoms with van der Waals surface area (Å²) >= 11 is 3.48. The molecule has 1 aromatic heterocycles. The molecule has 0 spiro atoms. The van der Waals surface area contributed by atoms with Gasteiger partial charge in [-0.3, -0.25) is 4.68 Å². The van der Waals surface area contributed by atoms with Crippen LogP contribution in [0.5, 0.6) is 0 Å². The standard InChI is InChI=1S/C12H20BrF2N3O/c1-3-16-10(5-6-19-8-11(14)15)12-9(13)7-17-18(12)4-2/h7,10-11,16H,3-6,8H2,1-2H3. The van der Waals surface area contributed by atoms with Crippen LogP contribution in [0, 0.1) is 0 Å². The second kappa shape index (κ2) is 8.60. The summed E-state index contributed by atoms with van der Waals surface area (Å²) in [6.07, 6.45) is -0.0286. The van der Waals surface area contributed by atoms with E-state index in [-0.39, 0.29) is 6.04 Å². The molecule has 19 heavy (non-hydrogen) atoms.